The van der Waals surface area contributed by atoms with Crippen LogP contribution in [0.5, 0.6) is 5.75 Å². The minimum Gasteiger partial charge on any atom is -0.497 e. The Morgan fingerprint density at radius 3 is 2.83 bits per heavy atom. The number of hydrogen-bond acceptors (Lipinski definition) is 6. The number of aryl methyl sites for hydroxylation is 1. The van der Waals surface area contributed by atoms with Crippen molar-refractivity contribution < 1.29 is 24.2 Å². The zero-order valence-electron chi connectivity index (χ0n) is 16.2. The van der Waals surface area contributed by atoms with E-state index in [-0.39, 0.29) is 19.1 Å². The summed E-state index contributed by atoms with van der Waals surface area (Å²) in [5.41, 5.74) is 0.868. The second-order valence-electron chi connectivity index (χ2n) is 7.38. The van der Waals surface area contributed by atoms with Gasteiger partial charge in [-0.1, -0.05) is 12.1 Å². The van der Waals surface area contributed by atoms with Crippen LogP contribution in [0.15, 0.2) is 35.7 Å². The monoisotopic (exact) mass is 416 g/mol. The van der Waals surface area contributed by atoms with Gasteiger partial charge >= 0.3 is 6.03 Å². The number of fused-ring (bicyclic) bond motifs is 2. The van der Waals surface area contributed by atoms with Crippen molar-refractivity contribution in [3.63, 3.8) is 0 Å². The summed E-state index contributed by atoms with van der Waals surface area (Å²) in [7, 11) is 1.61. The van der Waals surface area contributed by atoms with E-state index in [1.54, 1.807) is 18.4 Å². The van der Waals surface area contributed by atoms with E-state index in [2.05, 4.69) is 5.32 Å². The summed E-state index contributed by atoms with van der Waals surface area (Å²) in [6.45, 7) is 0.262. The Bertz CT molecular complexity index is 897. The lowest BCUT2D eigenvalue weighted by Gasteiger charge is -2.31. The Morgan fingerprint density at radius 2 is 2.07 bits per heavy atom. The number of thiophene rings is 1. The van der Waals surface area contributed by atoms with Crippen LogP contribution in [0, 0.1) is 0 Å². The third kappa shape index (κ3) is 3.75. The zero-order valence-corrected chi connectivity index (χ0v) is 17.0. The molecule has 1 aromatic carbocycles. The molecule has 7 nitrogen and oxygen atoms in total. The number of ether oxygens (including phenoxy) is 2. The van der Waals surface area contributed by atoms with Crippen molar-refractivity contribution in [3.8, 4) is 5.75 Å². The molecular formula is C21H24N2O5S. The van der Waals surface area contributed by atoms with Gasteiger partial charge in [0.1, 0.15) is 11.3 Å². The van der Waals surface area contributed by atoms with Crippen LogP contribution < -0.4 is 10.1 Å². The molecule has 1 saturated heterocycles. The number of carbonyl (C=O) groups is 2. The molecule has 1 aromatic heterocycles. The number of carbonyl (C=O) groups excluding carboxylic acids is 2. The van der Waals surface area contributed by atoms with E-state index in [4.69, 9.17) is 9.47 Å². The number of nitrogens with zero attached hydrogens (tertiary/aromatic N) is 1. The molecule has 1 spiro atoms. The maximum absolute atomic E-state index is 13.1. The molecule has 154 valence electrons. The maximum atomic E-state index is 13.1. The average molecular weight is 416 g/mol. The van der Waals surface area contributed by atoms with Crippen LogP contribution in [-0.4, -0.2) is 48.3 Å². The molecule has 29 heavy (non-hydrogen) atoms. The van der Waals surface area contributed by atoms with E-state index in [9.17, 15) is 14.7 Å². The van der Waals surface area contributed by atoms with Gasteiger partial charge in [0, 0.05) is 10.4 Å². The number of nitrogens with one attached hydrogen (secondary N) is 1. The van der Waals surface area contributed by atoms with Crippen LogP contribution >= 0.6 is 11.3 Å². The molecule has 1 fully saturated rings. The Morgan fingerprint density at radius 1 is 1.28 bits per heavy atom. The first-order valence-electron chi connectivity index (χ1n) is 9.63. The molecule has 2 aromatic rings. The molecule has 2 atom stereocenters. The number of benzene rings is 1. The van der Waals surface area contributed by atoms with Crippen molar-refractivity contribution in [2.24, 2.45) is 0 Å². The van der Waals surface area contributed by atoms with E-state index in [1.165, 1.54) is 0 Å². The average Bonchev–Trinajstić information content (AvgIpc) is 3.29. The van der Waals surface area contributed by atoms with Gasteiger partial charge in [0.2, 0.25) is 0 Å². The molecule has 1 aliphatic heterocycles. The third-order valence-electron chi connectivity index (χ3n) is 5.47. The van der Waals surface area contributed by atoms with Crippen LogP contribution in [0.2, 0.25) is 0 Å². The molecule has 0 saturated carbocycles. The molecule has 8 heteroatoms. The SMILES string of the molecule is COc1ccc(COC[C@H](O)CN2C(=O)N[C@]3(CCCc4sccc43)C2=O)cc1. The van der Waals surface area contributed by atoms with Gasteiger partial charge in [-0.15, -0.1) is 11.3 Å². The lowest BCUT2D eigenvalue weighted by molar-refractivity contribution is -0.133. The van der Waals surface area contributed by atoms with Crippen LogP contribution in [0.25, 0.3) is 0 Å². The Labute approximate surface area is 173 Å². The number of imide groups is 1. The summed E-state index contributed by atoms with van der Waals surface area (Å²) in [5, 5.41) is 15.2. The van der Waals surface area contributed by atoms with Crippen molar-refractivity contribution in [2.45, 2.75) is 37.5 Å². The number of aliphatic hydroxyl groups excluding tert-OH is 1. The van der Waals surface area contributed by atoms with Gasteiger partial charge in [0.15, 0.2) is 0 Å². The number of amides is 3. The molecular weight excluding hydrogens is 392 g/mol. The number of rotatable bonds is 7. The lowest BCUT2D eigenvalue weighted by atomic mass is 9.80. The Balaban J connectivity index is 1.34. The minimum absolute atomic E-state index is 0.0276. The summed E-state index contributed by atoms with van der Waals surface area (Å²) in [5.74, 6) is 0.480. The summed E-state index contributed by atoms with van der Waals surface area (Å²) in [6, 6.07) is 8.91. The van der Waals surface area contributed by atoms with Gasteiger partial charge in [-0.05, 0) is 48.4 Å². The summed E-state index contributed by atoms with van der Waals surface area (Å²) in [4.78, 5) is 27.9. The topological polar surface area (TPSA) is 88.1 Å². The second-order valence-corrected chi connectivity index (χ2v) is 8.38. The van der Waals surface area contributed by atoms with Crippen molar-refractivity contribution in [2.75, 3.05) is 20.3 Å². The van der Waals surface area contributed by atoms with Crippen molar-refractivity contribution in [3.05, 3.63) is 51.7 Å². The van der Waals surface area contributed by atoms with E-state index in [1.807, 2.05) is 35.7 Å². The Kier molecular flexibility index (Phi) is 5.58. The standard InChI is InChI=1S/C21H24N2O5S/c1-27-16-6-4-14(5-7-16)12-28-13-15(24)11-23-19(25)21(22-20(23)26)9-2-3-18-17(21)8-10-29-18/h4-8,10,15,24H,2-3,9,11-13H2,1H3,(H,22,26)/t15-,21+/m1/s1. The highest BCUT2D eigenvalue weighted by atomic mass is 32.1. The van der Waals surface area contributed by atoms with Crippen LogP contribution in [0.4, 0.5) is 4.79 Å². The van der Waals surface area contributed by atoms with Gasteiger partial charge in [0.25, 0.3) is 5.91 Å². The predicted molar refractivity (Wildman–Crippen MR) is 108 cm³/mol. The van der Waals surface area contributed by atoms with Gasteiger partial charge < -0.3 is 19.9 Å². The van der Waals surface area contributed by atoms with Crippen molar-refractivity contribution >= 4 is 23.3 Å². The normalized spacial score (nSPS) is 21.9. The minimum atomic E-state index is -0.978. The van der Waals surface area contributed by atoms with E-state index < -0.39 is 17.7 Å². The number of β-amino-alcohol motifs (C(OH)–C–C–N with tert-alkyl or cyclic N) is 1. The highest BCUT2D eigenvalue weighted by Gasteiger charge is 2.54. The van der Waals surface area contributed by atoms with Crippen molar-refractivity contribution in [1.82, 2.24) is 10.2 Å². The summed E-state index contributed by atoms with van der Waals surface area (Å²) in [6.07, 6.45) is 1.41. The number of aliphatic hydroxyl groups is 1. The molecule has 2 aliphatic rings. The predicted octanol–water partition coefficient (Wildman–Crippen LogP) is 2.42. The summed E-state index contributed by atoms with van der Waals surface area (Å²) >= 11 is 1.62. The van der Waals surface area contributed by atoms with E-state index in [0.717, 1.165) is 39.5 Å². The second kappa shape index (κ2) is 8.14. The van der Waals surface area contributed by atoms with Crippen molar-refractivity contribution in [1.29, 1.82) is 0 Å². The summed E-state index contributed by atoms with van der Waals surface area (Å²) < 4.78 is 10.7. The van der Waals surface area contributed by atoms with Crippen LogP contribution in [0.1, 0.15) is 28.8 Å². The molecule has 0 unspecified atom stereocenters. The van der Waals surface area contributed by atoms with E-state index >= 15 is 0 Å². The molecule has 2 heterocycles. The van der Waals surface area contributed by atoms with E-state index in [0.29, 0.717) is 13.0 Å². The van der Waals surface area contributed by atoms with Gasteiger partial charge in [-0.25, -0.2) is 4.79 Å². The fourth-order valence-electron chi connectivity index (χ4n) is 4.01. The molecule has 0 radical (unpaired) electrons. The lowest BCUT2D eigenvalue weighted by Crippen LogP contribution is -2.46. The van der Waals surface area contributed by atoms with Gasteiger partial charge in [-0.3, -0.25) is 9.69 Å². The number of urea groups is 1. The van der Waals surface area contributed by atoms with Crippen LogP contribution in [0.3, 0.4) is 0 Å². The quantitative estimate of drug-likeness (QED) is 0.677. The fraction of sp³-hybridized carbons (Fsp3) is 0.429. The molecule has 4 rings (SSSR count). The molecule has 0 bridgehead atoms. The zero-order chi connectivity index (χ0) is 20.4. The van der Waals surface area contributed by atoms with Gasteiger partial charge in [-0.2, -0.15) is 0 Å². The number of methoxy groups -OCH3 is 1. The molecule has 3 amide bonds. The highest BCUT2D eigenvalue weighted by molar-refractivity contribution is 7.10. The largest absolute Gasteiger partial charge is 0.497 e. The first-order chi connectivity index (χ1) is 14.0. The van der Waals surface area contributed by atoms with Crippen LogP contribution in [-0.2, 0) is 28.1 Å². The van der Waals surface area contributed by atoms with Gasteiger partial charge in [0.05, 0.1) is 33.0 Å². The maximum Gasteiger partial charge on any atom is 0.325 e. The first kappa shape index (κ1) is 19.9. The molecule has 2 N–H and O–H groups in total. The highest BCUT2D eigenvalue weighted by Crippen LogP contribution is 2.42. The molecule has 1 aliphatic carbocycles. The number of hydrogen-bond donors (Lipinski definition) is 2. The third-order valence-corrected chi connectivity index (χ3v) is 6.45. The Hall–Kier alpha value is -2.42. The smallest absolute Gasteiger partial charge is 0.325 e. The fourth-order valence-corrected chi connectivity index (χ4v) is 5.01. The first-order valence-corrected chi connectivity index (χ1v) is 10.5.